The molecule has 0 radical (unpaired) electrons. The number of nitrogens with zero attached hydrogens (tertiary/aromatic N) is 3. The van der Waals surface area contributed by atoms with Crippen molar-refractivity contribution in [1.82, 2.24) is 20.1 Å². The van der Waals surface area contributed by atoms with Crippen molar-refractivity contribution in [2.75, 3.05) is 0 Å². The number of rotatable bonds is 4. The number of nitrogens with two attached hydrogens (primary N) is 1. The molecule has 0 spiro atoms. The Bertz CT molecular complexity index is 421. The maximum absolute atomic E-state index is 12.1. The highest BCUT2D eigenvalue weighted by molar-refractivity contribution is 5.86. The number of nitrogens with one attached hydrogen (secondary N) is 1. The normalized spacial score (nSPS) is 20.7. The maximum Gasteiger partial charge on any atom is 0.240 e. The van der Waals surface area contributed by atoms with E-state index in [1.807, 2.05) is 14.0 Å². The Kier molecular flexibility index (Phi) is 2.91. The summed E-state index contributed by atoms with van der Waals surface area (Å²) in [6.45, 7) is 3.67. The van der Waals surface area contributed by atoms with Gasteiger partial charge in [-0.2, -0.15) is 0 Å². The highest BCUT2D eigenvalue weighted by Crippen LogP contribution is 2.38. The van der Waals surface area contributed by atoms with E-state index < -0.39 is 5.54 Å². The number of carbonyl (C=O) groups excluding carboxylic acids is 1. The van der Waals surface area contributed by atoms with Crippen LogP contribution in [0, 0.1) is 5.92 Å². The standard InChI is InChI=1S/C11H19N5O/c1-7(9-15-13-6-16(9)3)14-10(17)11(2,12)8-4-5-8/h6-8H,4-5,12H2,1-3H3,(H,14,17). The molecule has 1 aromatic rings. The van der Waals surface area contributed by atoms with Crippen molar-refractivity contribution in [3.8, 4) is 0 Å². The van der Waals surface area contributed by atoms with Crippen molar-refractivity contribution in [3.05, 3.63) is 12.2 Å². The molecule has 2 unspecified atom stereocenters. The van der Waals surface area contributed by atoms with Crippen LogP contribution < -0.4 is 11.1 Å². The third-order valence-corrected chi connectivity index (χ3v) is 3.40. The van der Waals surface area contributed by atoms with Crippen LogP contribution in [0.25, 0.3) is 0 Å². The molecule has 1 fully saturated rings. The Hall–Kier alpha value is -1.43. The van der Waals surface area contributed by atoms with Crippen LogP contribution in [0.5, 0.6) is 0 Å². The number of aromatic nitrogens is 3. The van der Waals surface area contributed by atoms with E-state index in [4.69, 9.17) is 5.73 Å². The average Bonchev–Trinajstić information content (AvgIpc) is 3.02. The second-order valence-corrected chi connectivity index (χ2v) is 5.05. The van der Waals surface area contributed by atoms with Crippen molar-refractivity contribution in [2.24, 2.45) is 18.7 Å². The van der Waals surface area contributed by atoms with Crippen LogP contribution in [-0.2, 0) is 11.8 Å². The molecule has 2 rings (SSSR count). The van der Waals surface area contributed by atoms with Gasteiger partial charge < -0.3 is 15.6 Å². The summed E-state index contributed by atoms with van der Waals surface area (Å²) in [5.41, 5.74) is 5.28. The molecule has 6 nitrogen and oxygen atoms in total. The minimum Gasteiger partial charge on any atom is -0.345 e. The summed E-state index contributed by atoms with van der Waals surface area (Å²) >= 11 is 0. The van der Waals surface area contributed by atoms with Crippen molar-refractivity contribution in [1.29, 1.82) is 0 Å². The zero-order valence-electron chi connectivity index (χ0n) is 10.5. The van der Waals surface area contributed by atoms with Gasteiger partial charge in [-0.3, -0.25) is 4.79 Å². The summed E-state index contributed by atoms with van der Waals surface area (Å²) in [4.78, 5) is 12.1. The summed E-state index contributed by atoms with van der Waals surface area (Å²) in [6, 6.07) is -0.184. The minimum absolute atomic E-state index is 0.115. The van der Waals surface area contributed by atoms with E-state index in [0.29, 0.717) is 5.92 Å². The molecule has 0 aromatic carbocycles. The predicted molar refractivity (Wildman–Crippen MR) is 62.9 cm³/mol. The number of amides is 1. The van der Waals surface area contributed by atoms with Crippen LogP contribution in [-0.4, -0.2) is 26.2 Å². The largest absolute Gasteiger partial charge is 0.345 e. The second-order valence-electron chi connectivity index (χ2n) is 5.05. The lowest BCUT2D eigenvalue weighted by Crippen LogP contribution is -2.54. The molecule has 3 N–H and O–H groups in total. The molecule has 1 saturated carbocycles. The quantitative estimate of drug-likeness (QED) is 0.778. The summed E-state index contributed by atoms with van der Waals surface area (Å²) in [5, 5.41) is 10.7. The van der Waals surface area contributed by atoms with E-state index in [-0.39, 0.29) is 11.9 Å². The number of carbonyl (C=O) groups is 1. The predicted octanol–water partition coefficient (Wildman–Crippen LogP) is 0.120. The molecule has 2 atom stereocenters. The van der Waals surface area contributed by atoms with E-state index in [1.54, 1.807) is 17.8 Å². The van der Waals surface area contributed by atoms with Crippen molar-refractivity contribution in [2.45, 2.75) is 38.3 Å². The van der Waals surface area contributed by atoms with Crippen molar-refractivity contribution < 1.29 is 4.79 Å². The monoisotopic (exact) mass is 237 g/mol. The fraction of sp³-hybridized carbons (Fsp3) is 0.727. The van der Waals surface area contributed by atoms with E-state index in [0.717, 1.165) is 18.7 Å². The summed E-state index contributed by atoms with van der Waals surface area (Å²) in [7, 11) is 1.85. The van der Waals surface area contributed by atoms with Gasteiger partial charge in [0.25, 0.3) is 0 Å². The first-order valence-electron chi connectivity index (χ1n) is 5.86. The maximum atomic E-state index is 12.1. The van der Waals surface area contributed by atoms with Crippen molar-refractivity contribution >= 4 is 5.91 Å². The van der Waals surface area contributed by atoms with Gasteiger partial charge in [-0.05, 0) is 32.6 Å². The molecule has 94 valence electrons. The summed E-state index contributed by atoms with van der Waals surface area (Å²) in [5.74, 6) is 0.926. The molecule has 1 aromatic heterocycles. The Balaban J connectivity index is 2.01. The second kappa shape index (κ2) is 4.10. The van der Waals surface area contributed by atoms with Gasteiger partial charge in [-0.25, -0.2) is 0 Å². The summed E-state index contributed by atoms with van der Waals surface area (Å²) in [6.07, 6.45) is 3.69. The average molecular weight is 237 g/mol. The topological polar surface area (TPSA) is 85.8 Å². The first-order chi connectivity index (χ1) is 7.93. The van der Waals surface area contributed by atoms with Crippen LogP contribution in [0.3, 0.4) is 0 Å². The van der Waals surface area contributed by atoms with Crippen LogP contribution in [0.2, 0.25) is 0 Å². The Labute approximate surface area is 101 Å². The highest BCUT2D eigenvalue weighted by atomic mass is 16.2. The molecule has 0 bridgehead atoms. The Morgan fingerprint density at radius 1 is 1.71 bits per heavy atom. The number of aryl methyl sites for hydroxylation is 1. The fourth-order valence-electron chi connectivity index (χ4n) is 1.97. The third kappa shape index (κ3) is 2.31. The van der Waals surface area contributed by atoms with E-state index in [2.05, 4.69) is 15.5 Å². The number of hydrogen-bond donors (Lipinski definition) is 2. The zero-order chi connectivity index (χ0) is 12.6. The van der Waals surface area contributed by atoms with Crippen LogP contribution >= 0.6 is 0 Å². The lowest BCUT2D eigenvalue weighted by Gasteiger charge is -2.25. The molecule has 6 heteroatoms. The molecule has 1 aliphatic carbocycles. The van der Waals surface area contributed by atoms with Gasteiger partial charge in [-0.1, -0.05) is 0 Å². The van der Waals surface area contributed by atoms with Gasteiger partial charge in [-0.15, -0.1) is 10.2 Å². The van der Waals surface area contributed by atoms with Crippen molar-refractivity contribution in [3.63, 3.8) is 0 Å². The van der Waals surface area contributed by atoms with Gasteiger partial charge in [0.1, 0.15) is 6.33 Å². The summed E-state index contributed by atoms with van der Waals surface area (Å²) < 4.78 is 1.79. The van der Waals surface area contributed by atoms with Gasteiger partial charge in [0, 0.05) is 7.05 Å². The van der Waals surface area contributed by atoms with Gasteiger partial charge in [0.05, 0.1) is 11.6 Å². The van der Waals surface area contributed by atoms with E-state index in [9.17, 15) is 4.79 Å². The third-order valence-electron chi connectivity index (χ3n) is 3.40. The molecular weight excluding hydrogens is 218 g/mol. The molecule has 0 saturated heterocycles. The molecular formula is C11H19N5O. The van der Waals surface area contributed by atoms with Crippen LogP contribution in [0.15, 0.2) is 6.33 Å². The molecule has 1 aliphatic rings. The lowest BCUT2D eigenvalue weighted by atomic mass is 9.96. The Morgan fingerprint density at radius 2 is 2.35 bits per heavy atom. The molecule has 1 amide bonds. The molecule has 0 aliphatic heterocycles. The first-order valence-corrected chi connectivity index (χ1v) is 5.86. The van der Waals surface area contributed by atoms with Gasteiger partial charge in [0.2, 0.25) is 5.91 Å². The van der Waals surface area contributed by atoms with Crippen LogP contribution in [0.1, 0.15) is 38.6 Å². The van der Waals surface area contributed by atoms with E-state index >= 15 is 0 Å². The smallest absolute Gasteiger partial charge is 0.240 e. The van der Waals surface area contributed by atoms with Gasteiger partial charge >= 0.3 is 0 Å². The fourth-order valence-corrected chi connectivity index (χ4v) is 1.97. The minimum atomic E-state index is -0.771. The first kappa shape index (κ1) is 12.0. The molecule has 17 heavy (non-hydrogen) atoms. The van der Waals surface area contributed by atoms with E-state index in [1.165, 1.54) is 0 Å². The zero-order valence-corrected chi connectivity index (χ0v) is 10.5. The van der Waals surface area contributed by atoms with Gasteiger partial charge in [0.15, 0.2) is 5.82 Å². The Morgan fingerprint density at radius 3 is 2.82 bits per heavy atom. The van der Waals surface area contributed by atoms with Crippen LogP contribution in [0.4, 0.5) is 0 Å². The highest BCUT2D eigenvalue weighted by Gasteiger charge is 2.44. The molecule has 1 heterocycles. The number of hydrogen-bond acceptors (Lipinski definition) is 4. The lowest BCUT2D eigenvalue weighted by molar-refractivity contribution is -0.127. The SMILES string of the molecule is CC(NC(=O)C(C)(N)C1CC1)c1nncn1C.